The van der Waals surface area contributed by atoms with Crippen molar-refractivity contribution in [3.63, 3.8) is 0 Å². The summed E-state index contributed by atoms with van der Waals surface area (Å²) in [7, 11) is -2.05. The van der Waals surface area contributed by atoms with Crippen LogP contribution in [-0.2, 0) is 27.4 Å². The fraction of sp³-hybridized carbons (Fsp3) is 0.231. The third-order valence-corrected chi connectivity index (χ3v) is 4.86. The SMILES string of the molecule is Cn1c(Cl)cnc1CS(=O)(=O)CC(=O)Nc1ccc(Cl)cc1. The largest absolute Gasteiger partial charge is 0.325 e. The summed E-state index contributed by atoms with van der Waals surface area (Å²) < 4.78 is 25.5. The van der Waals surface area contributed by atoms with Gasteiger partial charge >= 0.3 is 0 Å². The molecule has 1 heterocycles. The molecular formula is C13H13Cl2N3O3S. The minimum atomic E-state index is -3.65. The maximum Gasteiger partial charge on any atom is 0.239 e. The van der Waals surface area contributed by atoms with Gasteiger partial charge in [0, 0.05) is 17.8 Å². The van der Waals surface area contributed by atoms with Crippen LogP contribution in [-0.4, -0.2) is 29.6 Å². The number of nitrogens with one attached hydrogen (secondary N) is 1. The van der Waals surface area contributed by atoms with E-state index in [2.05, 4.69) is 10.3 Å². The van der Waals surface area contributed by atoms with Gasteiger partial charge in [0.25, 0.3) is 0 Å². The molecule has 1 aromatic carbocycles. The van der Waals surface area contributed by atoms with Crippen LogP contribution in [0.4, 0.5) is 5.69 Å². The summed E-state index contributed by atoms with van der Waals surface area (Å²) in [4.78, 5) is 15.7. The Morgan fingerprint density at radius 2 is 1.91 bits per heavy atom. The van der Waals surface area contributed by atoms with Gasteiger partial charge < -0.3 is 9.88 Å². The molecule has 2 aromatic rings. The monoisotopic (exact) mass is 361 g/mol. The van der Waals surface area contributed by atoms with Crippen LogP contribution in [0.15, 0.2) is 30.5 Å². The van der Waals surface area contributed by atoms with Crippen molar-refractivity contribution in [1.29, 1.82) is 0 Å². The molecule has 0 unspecified atom stereocenters. The van der Waals surface area contributed by atoms with Crippen LogP contribution in [0.1, 0.15) is 5.82 Å². The molecule has 0 aliphatic carbocycles. The number of halogens is 2. The van der Waals surface area contributed by atoms with Crippen molar-refractivity contribution < 1.29 is 13.2 Å². The van der Waals surface area contributed by atoms with E-state index >= 15 is 0 Å². The van der Waals surface area contributed by atoms with E-state index in [1.54, 1.807) is 31.3 Å². The summed E-state index contributed by atoms with van der Waals surface area (Å²) in [5.74, 6) is -1.34. The van der Waals surface area contributed by atoms with Gasteiger partial charge in [0.15, 0.2) is 9.84 Å². The highest BCUT2D eigenvalue weighted by Crippen LogP contribution is 2.14. The number of benzene rings is 1. The molecule has 0 saturated heterocycles. The molecule has 0 aliphatic heterocycles. The van der Waals surface area contributed by atoms with Gasteiger partial charge in [-0.25, -0.2) is 13.4 Å². The molecule has 22 heavy (non-hydrogen) atoms. The fourth-order valence-electron chi connectivity index (χ4n) is 1.74. The van der Waals surface area contributed by atoms with Crippen molar-refractivity contribution in [2.24, 2.45) is 7.05 Å². The van der Waals surface area contributed by atoms with Crippen molar-refractivity contribution >= 4 is 44.6 Å². The second kappa shape index (κ2) is 6.68. The van der Waals surface area contributed by atoms with Crippen LogP contribution in [0, 0.1) is 0 Å². The summed E-state index contributed by atoms with van der Waals surface area (Å²) in [5.41, 5.74) is 0.477. The van der Waals surface area contributed by atoms with Crippen LogP contribution < -0.4 is 5.32 Å². The molecule has 118 valence electrons. The van der Waals surface area contributed by atoms with Gasteiger partial charge in [0.2, 0.25) is 5.91 Å². The number of hydrogen-bond acceptors (Lipinski definition) is 4. The predicted molar refractivity (Wildman–Crippen MR) is 85.8 cm³/mol. The van der Waals surface area contributed by atoms with Gasteiger partial charge in [0.05, 0.1) is 6.20 Å². The zero-order valence-corrected chi connectivity index (χ0v) is 13.9. The van der Waals surface area contributed by atoms with Gasteiger partial charge in [-0.2, -0.15) is 0 Å². The zero-order chi connectivity index (χ0) is 16.3. The number of amides is 1. The van der Waals surface area contributed by atoms with Crippen LogP contribution in [0.2, 0.25) is 10.2 Å². The summed E-state index contributed by atoms with van der Waals surface area (Å²) >= 11 is 11.5. The standard InChI is InChI=1S/C13H13Cl2N3O3S/c1-18-11(15)6-16-12(18)7-22(20,21)8-13(19)17-10-4-2-9(14)3-5-10/h2-6H,7-8H2,1H3,(H,17,19). The highest BCUT2D eigenvalue weighted by atomic mass is 35.5. The first-order valence-electron chi connectivity index (χ1n) is 6.19. The lowest BCUT2D eigenvalue weighted by Crippen LogP contribution is -2.24. The Balaban J connectivity index is 2.00. The maximum atomic E-state index is 12.0. The topological polar surface area (TPSA) is 81.1 Å². The Morgan fingerprint density at radius 3 is 2.45 bits per heavy atom. The molecular weight excluding hydrogens is 349 g/mol. The summed E-state index contributed by atoms with van der Waals surface area (Å²) in [6, 6.07) is 6.37. The number of anilines is 1. The Hall–Kier alpha value is -1.57. The number of sulfone groups is 1. The lowest BCUT2D eigenvalue weighted by Gasteiger charge is -2.07. The molecule has 1 N–H and O–H groups in total. The molecule has 2 rings (SSSR count). The molecule has 0 bridgehead atoms. The van der Waals surface area contributed by atoms with Crippen LogP contribution in [0.25, 0.3) is 0 Å². The van der Waals surface area contributed by atoms with Gasteiger partial charge in [-0.3, -0.25) is 4.79 Å². The van der Waals surface area contributed by atoms with E-state index < -0.39 is 21.5 Å². The Bertz CT molecular complexity index is 785. The molecule has 0 spiro atoms. The lowest BCUT2D eigenvalue weighted by atomic mass is 10.3. The van der Waals surface area contributed by atoms with Crippen LogP contribution >= 0.6 is 23.2 Å². The van der Waals surface area contributed by atoms with E-state index in [0.29, 0.717) is 15.9 Å². The van der Waals surface area contributed by atoms with Crippen molar-refractivity contribution in [3.8, 4) is 0 Å². The number of imidazole rings is 1. The third kappa shape index (κ3) is 4.46. The normalized spacial score (nSPS) is 11.4. The van der Waals surface area contributed by atoms with E-state index in [9.17, 15) is 13.2 Å². The molecule has 0 aliphatic rings. The van der Waals surface area contributed by atoms with E-state index in [1.165, 1.54) is 10.8 Å². The number of aromatic nitrogens is 2. The number of carbonyl (C=O) groups is 1. The van der Waals surface area contributed by atoms with Crippen molar-refractivity contribution in [2.75, 3.05) is 11.1 Å². The first-order valence-corrected chi connectivity index (χ1v) is 8.76. The Morgan fingerprint density at radius 1 is 1.27 bits per heavy atom. The minimum absolute atomic E-state index is 0.282. The first kappa shape index (κ1) is 16.8. The average Bonchev–Trinajstić information content (AvgIpc) is 2.72. The minimum Gasteiger partial charge on any atom is -0.325 e. The van der Waals surface area contributed by atoms with E-state index in [0.717, 1.165) is 0 Å². The Kier molecular flexibility index (Phi) is 5.10. The maximum absolute atomic E-state index is 12.0. The van der Waals surface area contributed by atoms with Crippen molar-refractivity contribution in [3.05, 3.63) is 46.5 Å². The molecule has 0 atom stereocenters. The predicted octanol–water partition coefficient (Wildman–Crippen LogP) is 2.28. The number of carbonyl (C=O) groups excluding carboxylic acids is 1. The van der Waals surface area contributed by atoms with Gasteiger partial charge in [0.1, 0.15) is 22.5 Å². The molecule has 0 radical (unpaired) electrons. The Labute approximate surface area is 138 Å². The summed E-state index contributed by atoms with van der Waals surface area (Å²) in [6.07, 6.45) is 1.36. The van der Waals surface area contributed by atoms with E-state index in [4.69, 9.17) is 23.2 Å². The van der Waals surface area contributed by atoms with Crippen LogP contribution in [0.3, 0.4) is 0 Å². The quantitative estimate of drug-likeness (QED) is 0.885. The van der Waals surface area contributed by atoms with Crippen molar-refractivity contribution in [2.45, 2.75) is 5.75 Å². The third-order valence-electron chi connectivity index (χ3n) is 2.86. The average molecular weight is 362 g/mol. The van der Waals surface area contributed by atoms with E-state index in [-0.39, 0.29) is 11.6 Å². The number of nitrogens with zero attached hydrogens (tertiary/aromatic N) is 2. The number of hydrogen-bond donors (Lipinski definition) is 1. The van der Waals surface area contributed by atoms with Gasteiger partial charge in [-0.05, 0) is 24.3 Å². The highest BCUT2D eigenvalue weighted by Gasteiger charge is 2.20. The number of rotatable bonds is 5. The molecule has 1 amide bonds. The summed E-state index contributed by atoms with van der Waals surface area (Å²) in [6.45, 7) is 0. The molecule has 6 nitrogen and oxygen atoms in total. The molecule has 0 fully saturated rings. The second-order valence-corrected chi connectivity index (χ2v) is 7.53. The fourth-order valence-corrected chi connectivity index (χ4v) is 3.24. The van der Waals surface area contributed by atoms with Crippen molar-refractivity contribution in [1.82, 2.24) is 9.55 Å². The zero-order valence-electron chi connectivity index (χ0n) is 11.6. The van der Waals surface area contributed by atoms with Gasteiger partial charge in [-0.1, -0.05) is 23.2 Å². The molecule has 0 saturated carbocycles. The lowest BCUT2D eigenvalue weighted by molar-refractivity contribution is -0.113. The first-order chi connectivity index (χ1) is 10.3. The highest BCUT2D eigenvalue weighted by molar-refractivity contribution is 7.91. The van der Waals surface area contributed by atoms with Crippen LogP contribution in [0.5, 0.6) is 0 Å². The molecule has 1 aromatic heterocycles. The smallest absolute Gasteiger partial charge is 0.239 e. The summed E-state index contributed by atoms with van der Waals surface area (Å²) in [5, 5.41) is 3.36. The molecule has 9 heteroatoms. The second-order valence-electron chi connectivity index (χ2n) is 4.64. The van der Waals surface area contributed by atoms with Gasteiger partial charge in [-0.15, -0.1) is 0 Å². The van der Waals surface area contributed by atoms with E-state index in [1.807, 2.05) is 0 Å².